The Balaban J connectivity index is 2.87. The summed E-state index contributed by atoms with van der Waals surface area (Å²) in [5.41, 5.74) is 1.20. The van der Waals surface area contributed by atoms with Crippen LogP contribution >= 0.6 is 0 Å². The topological polar surface area (TPSA) is 75.6 Å². The zero-order chi connectivity index (χ0) is 11.3. The predicted octanol–water partition coefficient (Wildman–Crippen LogP) is 0.894. The van der Waals surface area contributed by atoms with Crippen LogP contribution in [0.2, 0.25) is 0 Å². The van der Waals surface area contributed by atoms with E-state index in [0.29, 0.717) is 5.69 Å². The van der Waals surface area contributed by atoms with E-state index in [4.69, 9.17) is 0 Å². The van der Waals surface area contributed by atoms with E-state index < -0.39 is 10.0 Å². The molecule has 15 heavy (non-hydrogen) atoms. The number of rotatable bonds is 4. The molecule has 5 nitrogen and oxygen atoms in total. The lowest BCUT2D eigenvalue weighted by molar-refractivity contribution is 0.562. The molecule has 80 valence electrons. The van der Waals surface area contributed by atoms with E-state index in [1.807, 2.05) is 0 Å². The third-order valence-corrected chi connectivity index (χ3v) is 2.16. The molecule has 0 atom stereocenters. The summed E-state index contributed by atoms with van der Waals surface area (Å²) >= 11 is 0. The number of benzene rings is 1. The van der Waals surface area contributed by atoms with E-state index in [1.165, 1.54) is 6.08 Å². The minimum Gasteiger partial charge on any atom is -0.284 e. The third-order valence-electron chi connectivity index (χ3n) is 1.56. The van der Waals surface area contributed by atoms with Crippen LogP contribution in [0.15, 0.2) is 29.3 Å². The fraction of sp³-hybridized carbons (Fsp3) is 0.222. The van der Waals surface area contributed by atoms with Crippen molar-refractivity contribution in [2.45, 2.75) is 6.54 Å². The van der Waals surface area contributed by atoms with Crippen molar-refractivity contribution in [2.24, 2.45) is 4.99 Å². The summed E-state index contributed by atoms with van der Waals surface area (Å²) in [6.45, 7) is 0.197. The van der Waals surface area contributed by atoms with Gasteiger partial charge in [0.05, 0.1) is 12.8 Å². The van der Waals surface area contributed by atoms with Crippen molar-refractivity contribution >= 4 is 21.8 Å². The molecule has 0 heterocycles. The van der Waals surface area contributed by atoms with E-state index in [9.17, 15) is 13.2 Å². The number of nitrogens with one attached hydrogen (secondary N) is 1. The first-order chi connectivity index (χ1) is 7.01. The normalized spacial score (nSPS) is 10.5. The van der Waals surface area contributed by atoms with Crippen LogP contribution in [0.1, 0.15) is 5.56 Å². The fourth-order valence-electron chi connectivity index (χ4n) is 1.07. The van der Waals surface area contributed by atoms with Gasteiger partial charge in [-0.15, -0.1) is 0 Å². The minimum absolute atomic E-state index is 0.197. The molecule has 0 aliphatic rings. The largest absolute Gasteiger partial charge is 0.284 e. The lowest BCUT2D eigenvalue weighted by Crippen LogP contribution is -2.09. The summed E-state index contributed by atoms with van der Waals surface area (Å²) in [6, 6.07) is 6.66. The van der Waals surface area contributed by atoms with Crippen LogP contribution in [-0.4, -0.2) is 20.8 Å². The zero-order valence-corrected chi connectivity index (χ0v) is 8.91. The lowest BCUT2D eigenvalue weighted by Gasteiger charge is -2.04. The highest BCUT2D eigenvalue weighted by molar-refractivity contribution is 7.92. The van der Waals surface area contributed by atoms with E-state index in [2.05, 4.69) is 9.71 Å². The van der Waals surface area contributed by atoms with E-state index in [1.54, 1.807) is 24.3 Å². The molecule has 1 N–H and O–H groups in total. The molecule has 6 heteroatoms. The molecule has 0 fully saturated rings. The molecule has 0 radical (unpaired) electrons. The molecule has 0 amide bonds. The van der Waals surface area contributed by atoms with Gasteiger partial charge < -0.3 is 0 Å². The van der Waals surface area contributed by atoms with Crippen LogP contribution in [-0.2, 0) is 21.4 Å². The second kappa shape index (κ2) is 4.72. The molecule has 0 aliphatic heterocycles. The van der Waals surface area contributed by atoms with Crippen molar-refractivity contribution < 1.29 is 13.2 Å². The molecule has 0 saturated heterocycles. The molecular formula is C9H10N2O3S. The van der Waals surface area contributed by atoms with Gasteiger partial charge in [-0.1, -0.05) is 12.1 Å². The van der Waals surface area contributed by atoms with Gasteiger partial charge in [0.1, 0.15) is 0 Å². The number of aliphatic imine (C=N–C) groups is 1. The van der Waals surface area contributed by atoms with Gasteiger partial charge in [-0.3, -0.25) is 4.72 Å². The van der Waals surface area contributed by atoms with Crippen LogP contribution < -0.4 is 4.72 Å². The van der Waals surface area contributed by atoms with Crippen LogP contribution in [0.3, 0.4) is 0 Å². The monoisotopic (exact) mass is 226 g/mol. The number of anilines is 1. The number of carbonyl (C=O) groups excluding carboxylic acids is 1. The molecule has 0 bridgehead atoms. The summed E-state index contributed by atoms with van der Waals surface area (Å²) in [5.74, 6) is 0. The van der Waals surface area contributed by atoms with E-state index in [-0.39, 0.29) is 6.54 Å². The Morgan fingerprint density at radius 1 is 1.47 bits per heavy atom. The van der Waals surface area contributed by atoms with Crippen LogP contribution in [0, 0.1) is 0 Å². The van der Waals surface area contributed by atoms with Crippen LogP contribution in [0.25, 0.3) is 0 Å². The third kappa shape index (κ3) is 4.39. The average molecular weight is 226 g/mol. The molecule has 0 saturated carbocycles. The molecule has 0 aromatic heterocycles. The van der Waals surface area contributed by atoms with Crippen molar-refractivity contribution in [1.82, 2.24) is 0 Å². The van der Waals surface area contributed by atoms with Crippen LogP contribution in [0.5, 0.6) is 0 Å². The number of isocyanates is 1. The van der Waals surface area contributed by atoms with Gasteiger partial charge in [-0.05, 0) is 17.7 Å². The molecule has 0 aliphatic carbocycles. The smallest absolute Gasteiger partial charge is 0.235 e. The Labute approximate surface area is 87.9 Å². The molecule has 1 aromatic carbocycles. The Morgan fingerprint density at radius 2 is 2.20 bits per heavy atom. The van der Waals surface area contributed by atoms with Gasteiger partial charge in [0.15, 0.2) is 0 Å². The summed E-state index contributed by atoms with van der Waals surface area (Å²) < 4.78 is 24.2. The Hall–Kier alpha value is -1.65. The highest BCUT2D eigenvalue weighted by atomic mass is 32.2. The van der Waals surface area contributed by atoms with Crippen LogP contribution in [0.4, 0.5) is 5.69 Å². The summed E-state index contributed by atoms with van der Waals surface area (Å²) in [7, 11) is -3.27. The molecule has 0 spiro atoms. The number of nitrogens with zero attached hydrogens (tertiary/aromatic N) is 1. The Morgan fingerprint density at radius 3 is 2.80 bits per heavy atom. The molecule has 1 rings (SSSR count). The van der Waals surface area contributed by atoms with Gasteiger partial charge in [0, 0.05) is 5.69 Å². The van der Waals surface area contributed by atoms with Crippen molar-refractivity contribution in [3.63, 3.8) is 0 Å². The average Bonchev–Trinajstić information content (AvgIpc) is 2.12. The van der Waals surface area contributed by atoms with Crippen molar-refractivity contribution in [3.05, 3.63) is 29.8 Å². The number of hydrogen-bond donors (Lipinski definition) is 1. The second-order valence-corrected chi connectivity index (χ2v) is 4.73. The SMILES string of the molecule is CS(=O)(=O)Nc1cccc(CN=C=O)c1. The predicted molar refractivity (Wildman–Crippen MR) is 56.7 cm³/mol. The first-order valence-electron chi connectivity index (χ1n) is 4.11. The summed E-state index contributed by atoms with van der Waals surface area (Å²) in [6.07, 6.45) is 2.49. The first kappa shape index (κ1) is 11.4. The van der Waals surface area contributed by atoms with Crippen molar-refractivity contribution in [1.29, 1.82) is 0 Å². The summed E-state index contributed by atoms with van der Waals surface area (Å²) in [5, 5.41) is 0. The first-order valence-corrected chi connectivity index (χ1v) is 6.01. The van der Waals surface area contributed by atoms with Gasteiger partial charge in [-0.25, -0.2) is 18.2 Å². The highest BCUT2D eigenvalue weighted by Crippen LogP contribution is 2.12. The quantitative estimate of drug-likeness (QED) is 0.612. The summed E-state index contributed by atoms with van der Waals surface area (Å²) in [4.78, 5) is 13.3. The minimum atomic E-state index is -3.27. The maximum atomic E-state index is 10.9. The molecule has 0 unspecified atom stereocenters. The Bertz CT molecular complexity index is 490. The number of sulfonamides is 1. The van der Waals surface area contributed by atoms with Crippen molar-refractivity contribution in [3.8, 4) is 0 Å². The van der Waals surface area contributed by atoms with Crippen molar-refractivity contribution in [2.75, 3.05) is 11.0 Å². The van der Waals surface area contributed by atoms with E-state index in [0.717, 1.165) is 11.8 Å². The maximum absolute atomic E-state index is 10.9. The maximum Gasteiger partial charge on any atom is 0.235 e. The highest BCUT2D eigenvalue weighted by Gasteiger charge is 2.01. The Kier molecular flexibility index (Phi) is 3.60. The standard InChI is InChI=1S/C9H10N2O3S/c1-15(13,14)11-9-4-2-3-8(5-9)6-10-7-12/h2-5,11H,6H2,1H3. The van der Waals surface area contributed by atoms with Gasteiger partial charge in [0.2, 0.25) is 16.1 Å². The lowest BCUT2D eigenvalue weighted by atomic mass is 10.2. The molecular weight excluding hydrogens is 216 g/mol. The van der Waals surface area contributed by atoms with Gasteiger partial charge in [-0.2, -0.15) is 0 Å². The van der Waals surface area contributed by atoms with Gasteiger partial charge >= 0.3 is 0 Å². The van der Waals surface area contributed by atoms with Gasteiger partial charge in [0.25, 0.3) is 0 Å². The number of hydrogen-bond acceptors (Lipinski definition) is 4. The zero-order valence-electron chi connectivity index (χ0n) is 8.10. The van der Waals surface area contributed by atoms with E-state index >= 15 is 0 Å². The molecule has 1 aromatic rings. The second-order valence-electron chi connectivity index (χ2n) is 2.98. The fourth-order valence-corrected chi connectivity index (χ4v) is 1.63.